The number of nitrogens with one attached hydrogen (secondary N) is 1. The van der Waals surface area contributed by atoms with Crippen LogP contribution in [0.4, 0.5) is 0 Å². The summed E-state index contributed by atoms with van der Waals surface area (Å²) in [4.78, 5) is 4.17. The molecule has 0 aromatic carbocycles. The topological polar surface area (TPSA) is 71.2 Å². The second kappa shape index (κ2) is 4.06. The van der Waals surface area contributed by atoms with Crippen molar-refractivity contribution in [1.82, 2.24) is 15.5 Å². The Morgan fingerprint density at radius 2 is 2.50 bits per heavy atom. The van der Waals surface area contributed by atoms with Crippen LogP contribution < -0.4 is 5.32 Å². The fraction of sp³-hybridized carbons (Fsp3) is 0.778. The molecule has 5 heteroatoms. The summed E-state index contributed by atoms with van der Waals surface area (Å²) in [5, 5.41) is 16.4. The van der Waals surface area contributed by atoms with Gasteiger partial charge in [0.25, 0.3) is 5.89 Å². The first-order valence-corrected chi connectivity index (χ1v) is 4.99. The van der Waals surface area contributed by atoms with Gasteiger partial charge in [-0.2, -0.15) is 4.98 Å². The number of aliphatic hydroxyl groups excluding tert-OH is 1. The van der Waals surface area contributed by atoms with Gasteiger partial charge in [0.15, 0.2) is 5.82 Å². The fourth-order valence-electron chi connectivity index (χ4n) is 1.65. The van der Waals surface area contributed by atoms with Crippen molar-refractivity contribution in [2.75, 3.05) is 13.1 Å². The molecule has 1 unspecified atom stereocenters. The van der Waals surface area contributed by atoms with Crippen LogP contribution in [0.2, 0.25) is 0 Å². The molecule has 2 rings (SSSR count). The van der Waals surface area contributed by atoms with Crippen molar-refractivity contribution in [2.24, 2.45) is 0 Å². The zero-order chi connectivity index (χ0) is 9.97. The Morgan fingerprint density at radius 1 is 1.64 bits per heavy atom. The van der Waals surface area contributed by atoms with Gasteiger partial charge in [0.05, 0.1) is 0 Å². The molecule has 1 aliphatic rings. The zero-order valence-corrected chi connectivity index (χ0v) is 8.23. The van der Waals surface area contributed by atoms with E-state index in [2.05, 4.69) is 15.5 Å². The third-order valence-corrected chi connectivity index (χ3v) is 2.48. The molecular weight excluding hydrogens is 182 g/mol. The van der Waals surface area contributed by atoms with Gasteiger partial charge < -0.3 is 14.9 Å². The predicted octanol–water partition coefficient (Wildman–Crippen LogP) is 0.590. The molecule has 78 valence electrons. The largest absolute Gasteiger partial charge is 0.384 e. The van der Waals surface area contributed by atoms with Gasteiger partial charge >= 0.3 is 0 Å². The number of nitrogens with zero attached hydrogens (tertiary/aromatic N) is 2. The standard InChI is InChI=1S/C9H15N3O2/c1-6(13)9-11-8(12-14-9)7-3-2-4-10-5-7/h6-7,10,13H,2-5H2,1H3/t6-,7?/m0/s1. The molecule has 0 bridgehead atoms. The average Bonchev–Trinajstić information content (AvgIpc) is 2.68. The maximum absolute atomic E-state index is 9.22. The van der Waals surface area contributed by atoms with Crippen molar-refractivity contribution in [2.45, 2.75) is 31.8 Å². The van der Waals surface area contributed by atoms with E-state index in [1.807, 2.05) is 0 Å². The van der Waals surface area contributed by atoms with Crippen molar-refractivity contribution in [3.8, 4) is 0 Å². The van der Waals surface area contributed by atoms with Gasteiger partial charge in [-0.15, -0.1) is 0 Å². The van der Waals surface area contributed by atoms with E-state index >= 15 is 0 Å². The average molecular weight is 197 g/mol. The lowest BCUT2D eigenvalue weighted by Gasteiger charge is -2.19. The molecule has 1 aliphatic heterocycles. The molecule has 1 aromatic heterocycles. The van der Waals surface area contributed by atoms with Crippen molar-refractivity contribution >= 4 is 0 Å². The van der Waals surface area contributed by atoms with Gasteiger partial charge in [0.1, 0.15) is 6.10 Å². The quantitative estimate of drug-likeness (QED) is 0.726. The molecule has 1 saturated heterocycles. The summed E-state index contributed by atoms with van der Waals surface area (Å²) in [6.07, 6.45) is 1.56. The Hall–Kier alpha value is -0.940. The minimum atomic E-state index is -0.673. The molecule has 2 atom stereocenters. The third kappa shape index (κ3) is 1.93. The summed E-state index contributed by atoms with van der Waals surface area (Å²) in [5.41, 5.74) is 0. The molecule has 0 amide bonds. The molecule has 5 nitrogen and oxygen atoms in total. The van der Waals surface area contributed by atoms with E-state index in [0.717, 1.165) is 25.9 Å². The van der Waals surface area contributed by atoms with Crippen LogP contribution >= 0.6 is 0 Å². The van der Waals surface area contributed by atoms with E-state index in [4.69, 9.17) is 4.52 Å². The number of hydrogen-bond acceptors (Lipinski definition) is 5. The summed E-state index contributed by atoms with van der Waals surface area (Å²) in [6.45, 7) is 3.59. The highest BCUT2D eigenvalue weighted by Gasteiger charge is 2.21. The van der Waals surface area contributed by atoms with E-state index in [9.17, 15) is 5.11 Å². The second-order valence-corrected chi connectivity index (χ2v) is 3.71. The normalized spacial score (nSPS) is 24.9. The summed E-state index contributed by atoms with van der Waals surface area (Å²) >= 11 is 0. The van der Waals surface area contributed by atoms with Gasteiger partial charge in [0, 0.05) is 12.5 Å². The molecule has 2 N–H and O–H groups in total. The Kier molecular flexibility index (Phi) is 2.79. The van der Waals surface area contributed by atoms with Crippen LogP contribution in [-0.2, 0) is 0 Å². The molecule has 0 saturated carbocycles. The lowest BCUT2D eigenvalue weighted by Crippen LogP contribution is -2.28. The predicted molar refractivity (Wildman–Crippen MR) is 49.8 cm³/mol. The molecule has 1 aromatic rings. The van der Waals surface area contributed by atoms with Crippen LogP contribution in [0.5, 0.6) is 0 Å². The van der Waals surface area contributed by atoms with Crippen LogP contribution in [-0.4, -0.2) is 28.3 Å². The monoisotopic (exact) mass is 197 g/mol. The fourth-order valence-corrected chi connectivity index (χ4v) is 1.65. The van der Waals surface area contributed by atoms with Gasteiger partial charge in [-0.1, -0.05) is 5.16 Å². The van der Waals surface area contributed by atoms with E-state index in [0.29, 0.717) is 17.6 Å². The summed E-state index contributed by atoms with van der Waals surface area (Å²) < 4.78 is 4.94. The highest BCUT2D eigenvalue weighted by atomic mass is 16.5. The van der Waals surface area contributed by atoms with Gasteiger partial charge in [-0.25, -0.2) is 0 Å². The van der Waals surface area contributed by atoms with Gasteiger partial charge in [0.2, 0.25) is 0 Å². The molecule has 0 aliphatic carbocycles. The number of piperidine rings is 1. The third-order valence-electron chi connectivity index (χ3n) is 2.48. The Balaban J connectivity index is 2.07. The van der Waals surface area contributed by atoms with Crippen LogP contribution in [0.3, 0.4) is 0 Å². The smallest absolute Gasteiger partial charge is 0.255 e. The summed E-state index contributed by atoms with van der Waals surface area (Å²) in [5.74, 6) is 1.36. The first kappa shape index (κ1) is 9.61. The maximum Gasteiger partial charge on any atom is 0.255 e. The second-order valence-electron chi connectivity index (χ2n) is 3.71. The Labute approximate surface area is 82.5 Å². The highest BCUT2D eigenvalue weighted by molar-refractivity contribution is 4.98. The van der Waals surface area contributed by atoms with Crippen molar-refractivity contribution in [3.63, 3.8) is 0 Å². The van der Waals surface area contributed by atoms with Crippen LogP contribution in [0.25, 0.3) is 0 Å². The Bertz CT molecular complexity index is 292. The van der Waals surface area contributed by atoms with Gasteiger partial charge in [-0.3, -0.25) is 0 Å². The number of aromatic nitrogens is 2. The van der Waals surface area contributed by atoms with E-state index in [-0.39, 0.29) is 0 Å². The first-order valence-electron chi connectivity index (χ1n) is 4.99. The zero-order valence-electron chi connectivity index (χ0n) is 8.23. The highest BCUT2D eigenvalue weighted by Crippen LogP contribution is 2.21. The van der Waals surface area contributed by atoms with Crippen molar-refractivity contribution in [3.05, 3.63) is 11.7 Å². The maximum atomic E-state index is 9.22. The number of rotatable bonds is 2. The summed E-state index contributed by atoms with van der Waals surface area (Å²) in [6, 6.07) is 0. The van der Waals surface area contributed by atoms with Crippen LogP contribution in [0.15, 0.2) is 4.52 Å². The van der Waals surface area contributed by atoms with Crippen molar-refractivity contribution < 1.29 is 9.63 Å². The van der Waals surface area contributed by atoms with Gasteiger partial charge in [-0.05, 0) is 26.3 Å². The lowest BCUT2D eigenvalue weighted by molar-refractivity contribution is 0.151. The molecule has 1 fully saturated rings. The first-order chi connectivity index (χ1) is 6.77. The molecular formula is C9H15N3O2. The molecule has 0 spiro atoms. The van der Waals surface area contributed by atoms with E-state index in [1.54, 1.807) is 6.92 Å². The van der Waals surface area contributed by atoms with Crippen molar-refractivity contribution in [1.29, 1.82) is 0 Å². The molecule has 0 radical (unpaired) electrons. The molecule has 2 heterocycles. The minimum Gasteiger partial charge on any atom is -0.384 e. The lowest BCUT2D eigenvalue weighted by atomic mass is 9.99. The van der Waals surface area contributed by atoms with E-state index < -0.39 is 6.10 Å². The SMILES string of the molecule is C[C@H](O)c1nc(C2CCCNC2)no1. The minimum absolute atomic E-state index is 0.311. The number of hydrogen-bond donors (Lipinski definition) is 2. The van der Waals surface area contributed by atoms with Crippen LogP contribution in [0.1, 0.15) is 43.5 Å². The Morgan fingerprint density at radius 3 is 3.07 bits per heavy atom. The molecule has 14 heavy (non-hydrogen) atoms. The van der Waals surface area contributed by atoms with Crippen LogP contribution in [0, 0.1) is 0 Å². The number of aliphatic hydroxyl groups is 1. The van der Waals surface area contributed by atoms with E-state index in [1.165, 1.54) is 0 Å². The summed E-state index contributed by atoms with van der Waals surface area (Å²) in [7, 11) is 0.